The molecule has 0 atom stereocenters. The second-order valence-electron chi connectivity index (χ2n) is 9.26. The van der Waals surface area contributed by atoms with Gasteiger partial charge in [-0.25, -0.2) is 13.1 Å². The maximum Gasteiger partial charge on any atom is 0.240 e. The van der Waals surface area contributed by atoms with Crippen LogP contribution in [0.15, 0.2) is 47.4 Å². The van der Waals surface area contributed by atoms with Gasteiger partial charge in [0.05, 0.1) is 18.0 Å². The van der Waals surface area contributed by atoms with Crippen molar-refractivity contribution in [2.75, 3.05) is 32.7 Å². The second kappa shape index (κ2) is 10.7. The molecule has 1 aliphatic carbocycles. The minimum atomic E-state index is -3.76. The number of nitrogens with one attached hydrogen (secondary N) is 3. The molecule has 182 valence electrons. The van der Waals surface area contributed by atoms with Crippen LogP contribution in [-0.2, 0) is 27.7 Å². The lowest BCUT2D eigenvalue weighted by molar-refractivity contribution is -0.119. The van der Waals surface area contributed by atoms with Gasteiger partial charge in [-0.2, -0.15) is 0 Å². The molecule has 4 rings (SSSR count). The summed E-state index contributed by atoms with van der Waals surface area (Å²) in [7, 11) is -3.76. The van der Waals surface area contributed by atoms with Crippen molar-refractivity contribution in [3.8, 4) is 0 Å². The number of benzene rings is 2. The summed E-state index contributed by atoms with van der Waals surface area (Å²) in [6, 6.07) is 13.5. The summed E-state index contributed by atoms with van der Waals surface area (Å²) in [5.74, 6) is 0.408. The number of hydrogen-bond acceptors (Lipinski definition) is 5. The number of piperidine rings is 1. The third-order valence-corrected chi connectivity index (χ3v) is 8.20. The summed E-state index contributed by atoms with van der Waals surface area (Å²) in [4.78, 5) is 14.8. The monoisotopic (exact) mass is 483 g/mol. The standard InChI is InChI=1S/C25H33N5O3S/c26-25(27)28-10-7-18-8-11-30(12-9-18)17-23(31)16-29-34(32,33)24-6-5-21-13-19-3-1-2-4-20(19)14-22(21)15-24/h1-6,15,18,29H,7-14,16-17H2,(H4,26,27,28). The molecule has 1 saturated heterocycles. The van der Waals surface area contributed by atoms with Gasteiger partial charge in [0.1, 0.15) is 0 Å². The van der Waals surface area contributed by atoms with Gasteiger partial charge in [-0.15, -0.1) is 0 Å². The molecule has 0 amide bonds. The number of hydrogen-bond donors (Lipinski definition) is 4. The van der Waals surface area contributed by atoms with Gasteiger partial charge in [0.2, 0.25) is 10.0 Å². The first-order chi connectivity index (χ1) is 16.3. The summed E-state index contributed by atoms with van der Waals surface area (Å²) in [5, 5.41) is 10.0. The zero-order valence-corrected chi connectivity index (χ0v) is 20.2. The van der Waals surface area contributed by atoms with Crippen LogP contribution >= 0.6 is 0 Å². The Morgan fingerprint density at radius 3 is 2.35 bits per heavy atom. The van der Waals surface area contributed by atoms with Gasteiger partial charge in [-0.05, 0) is 85.5 Å². The van der Waals surface area contributed by atoms with E-state index in [1.54, 1.807) is 12.1 Å². The van der Waals surface area contributed by atoms with E-state index in [1.165, 1.54) is 11.1 Å². The number of guanidine groups is 1. The van der Waals surface area contributed by atoms with Crippen molar-refractivity contribution in [1.29, 1.82) is 5.41 Å². The lowest BCUT2D eigenvalue weighted by Gasteiger charge is -2.31. The van der Waals surface area contributed by atoms with E-state index >= 15 is 0 Å². The number of sulfonamides is 1. The molecule has 0 saturated carbocycles. The summed E-state index contributed by atoms with van der Waals surface area (Å²) >= 11 is 0. The molecule has 0 radical (unpaired) electrons. The molecule has 2 aliphatic rings. The van der Waals surface area contributed by atoms with Crippen molar-refractivity contribution in [3.05, 3.63) is 64.7 Å². The Hall–Kier alpha value is -2.75. The SMILES string of the molecule is N=C(N)NCCC1CCN(CC(=O)CNS(=O)(=O)c2ccc3c(c2)Cc2ccccc2C3)CC1. The van der Waals surface area contributed by atoms with Crippen molar-refractivity contribution >= 4 is 21.8 Å². The molecule has 34 heavy (non-hydrogen) atoms. The largest absolute Gasteiger partial charge is 0.370 e. The van der Waals surface area contributed by atoms with Crippen LogP contribution < -0.4 is 15.8 Å². The first-order valence-electron chi connectivity index (χ1n) is 11.8. The Morgan fingerprint density at radius 2 is 1.68 bits per heavy atom. The minimum absolute atomic E-state index is 0.00814. The second-order valence-corrected chi connectivity index (χ2v) is 11.0. The summed E-state index contributed by atoms with van der Waals surface area (Å²) in [6.45, 7) is 2.37. The van der Waals surface area contributed by atoms with Crippen molar-refractivity contribution < 1.29 is 13.2 Å². The van der Waals surface area contributed by atoms with Crippen molar-refractivity contribution in [2.45, 2.75) is 37.0 Å². The van der Waals surface area contributed by atoms with E-state index in [9.17, 15) is 13.2 Å². The molecule has 8 nitrogen and oxygen atoms in total. The molecule has 0 unspecified atom stereocenters. The van der Waals surface area contributed by atoms with Crippen LogP contribution in [0.2, 0.25) is 0 Å². The predicted octanol–water partition coefficient (Wildman–Crippen LogP) is 1.61. The molecule has 2 aromatic carbocycles. The summed E-state index contributed by atoms with van der Waals surface area (Å²) in [6.07, 6.45) is 4.44. The Morgan fingerprint density at radius 1 is 1.03 bits per heavy atom. The Balaban J connectivity index is 1.25. The third-order valence-electron chi connectivity index (χ3n) is 6.80. The highest BCUT2D eigenvalue weighted by atomic mass is 32.2. The highest BCUT2D eigenvalue weighted by molar-refractivity contribution is 7.89. The predicted molar refractivity (Wildman–Crippen MR) is 132 cm³/mol. The molecular formula is C25H33N5O3S. The van der Waals surface area contributed by atoms with Gasteiger partial charge in [0.25, 0.3) is 0 Å². The number of carbonyl (C=O) groups is 1. The van der Waals surface area contributed by atoms with E-state index in [0.29, 0.717) is 18.9 Å². The Bertz CT molecular complexity index is 1160. The van der Waals surface area contributed by atoms with Crippen molar-refractivity contribution in [2.24, 2.45) is 11.7 Å². The summed E-state index contributed by atoms with van der Waals surface area (Å²) in [5.41, 5.74) is 9.99. The zero-order chi connectivity index (χ0) is 24.1. The van der Waals surface area contributed by atoms with Gasteiger partial charge < -0.3 is 11.1 Å². The van der Waals surface area contributed by atoms with E-state index in [-0.39, 0.29) is 29.7 Å². The van der Waals surface area contributed by atoms with Gasteiger partial charge in [0.15, 0.2) is 11.7 Å². The molecule has 5 N–H and O–H groups in total. The molecule has 0 aromatic heterocycles. The highest BCUT2D eigenvalue weighted by Crippen LogP contribution is 2.28. The molecular weight excluding hydrogens is 450 g/mol. The van der Waals surface area contributed by atoms with Crippen molar-refractivity contribution in [1.82, 2.24) is 14.9 Å². The smallest absolute Gasteiger partial charge is 0.240 e. The molecule has 2 aromatic rings. The molecule has 1 fully saturated rings. The van der Waals surface area contributed by atoms with Gasteiger partial charge >= 0.3 is 0 Å². The third kappa shape index (κ3) is 6.22. The van der Waals surface area contributed by atoms with Crippen molar-refractivity contribution in [3.63, 3.8) is 0 Å². The zero-order valence-electron chi connectivity index (χ0n) is 19.3. The van der Waals surface area contributed by atoms with Crippen LogP contribution in [0.5, 0.6) is 0 Å². The van der Waals surface area contributed by atoms with E-state index in [2.05, 4.69) is 27.1 Å². The number of nitrogens with two attached hydrogens (primary N) is 1. The number of carbonyl (C=O) groups excluding carboxylic acids is 1. The molecule has 0 bridgehead atoms. The van der Waals surface area contributed by atoms with Crippen LogP contribution in [0.3, 0.4) is 0 Å². The molecule has 1 heterocycles. The Kier molecular flexibility index (Phi) is 7.65. The normalized spacial score (nSPS) is 16.5. The number of rotatable bonds is 9. The van der Waals surface area contributed by atoms with E-state index in [0.717, 1.165) is 49.9 Å². The molecule has 1 aliphatic heterocycles. The topological polar surface area (TPSA) is 128 Å². The first kappa shape index (κ1) is 24.4. The fourth-order valence-corrected chi connectivity index (χ4v) is 5.89. The number of ketones is 1. The first-order valence-corrected chi connectivity index (χ1v) is 13.3. The molecule has 0 spiro atoms. The number of likely N-dealkylation sites (tertiary alicyclic amines) is 1. The fourth-order valence-electron chi connectivity index (χ4n) is 4.83. The lowest BCUT2D eigenvalue weighted by Crippen LogP contribution is -2.41. The van der Waals surface area contributed by atoms with Crippen LogP contribution in [0.25, 0.3) is 0 Å². The maximum absolute atomic E-state index is 12.8. The van der Waals surface area contributed by atoms with Gasteiger partial charge in [0, 0.05) is 6.54 Å². The summed E-state index contributed by atoms with van der Waals surface area (Å²) < 4.78 is 28.2. The highest BCUT2D eigenvalue weighted by Gasteiger charge is 2.23. The number of fused-ring (bicyclic) bond motifs is 2. The van der Waals surface area contributed by atoms with E-state index < -0.39 is 10.0 Å². The van der Waals surface area contributed by atoms with E-state index in [1.807, 2.05) is 18.2 Å². The van der Waals surface area contributed by atoms with Gasteiger partial charge in [-0.3, -0.25) is 15.1 Å². The van der Waals surface area contributed by atoms with Crippen LogP contribution in [0, 0.1) is 11.3 Å². The van der Waals surface area contributed by atoms with Gasteiger partial charge in [-0.1, -0.05) is 30.3 Å². The quantitative estimate of drug-likeness (QED) is 0.270. The number of Topliss-reactive ketones (excluding diaryl/α,β-unsaturated/α-hetero) is 1. The van der Waals surface area contributed by atoms with Crippen LogP contribution in [0.1, 0.15) is 41.5 Å². The Labute approximate surface area is 201 Å². The van der Waals surface area contributed by atoms with E-state index in [4.69, 9.17) is 11.1 Å². The minimum Gasteiger partial charge on any atom is -0.370 e. The average Bonchev–Trinajstić information content (AvgIpc) is 2.82. The molecule has 9 heteroatoms. The maximum atomic E-state index is 12.8. The lowest BCUT2D eigenvalue weighted by atomic mass is 9.86. The van der Waals surface area contributed by atoms with Crippen LogP contribution in [0.4, 0.5) is 0 Å². The number of nitrogens with zero attached hydrogens (tertiary/aromatic N) is 1. The fraction of sp³-hybridized carbons (Fsp3) is 0.440. The average molecular weight is 484 g/mol. The van der Waals surface area contributed by atoms with Crippen LogP contribution in [-0.4, -0.2) is 57.8 Å².